The smallest absolute Gasteiger partial charge is 0.355 e. The van der Waals surface area contributed by atoms with E-state index in [0.717, 1.165) is 22.4 Å². The molecule has 0 bridgehead atoms. The third kappa shape index (κ3) is 4.30. The summed E-state index contributed by atoms with van der Waals surface area (Å²) < 4.78 is 5.05. The third-order valence-electron chi connectivity index (χ3n) is 5.71. The molecule has 1 aromatic heterocycles. The Morgan fingerprint density at radius 1 is 0.909 bits per heavy atom. The number of benzene rings is 2. The maximum Gasteiger partial charge on any atom is 0.355 e. The van der Waals surface area contributed by atoms with Crippen LogP contribution in [-0.2, 0) is 14.3 Å². The molecule has 0 radical (unpaired) electrons. The van der Waals surface area contributed by atoms with Gasteiger partial charge in [-0.3, -0.25) is 4.98 Å². The highest BCUT2D eigenvalue weighted by Gasteiger charge is 2.41. The van der Waals surface area contributed by atoms with Crippen LogP contribution in [-0.4, -0.2) is 35.7 Å². The molecule has 0 saturated carbocycles. The lowest BCUT2D eigenvalue weighted by atomic mass is 10.00. The van der Waals surface area contributed by atoms with E-state index in [1.54, 1.807) is 17.3 Å². The number of anilines is 2. The van der Waals surface area contributed by atoms with Gasteiger partial charge in [0.2, 0.25) is 0 Å². The molecular formula is C26H25N3O4. The van der Waals surface area contributed by atoms with Crippen molar-refractivity contribution in [1.82, 2.24) is 4.98 Å². The molecule has 1 atom stereocenters. The molecule has 1 N–H and O–H groups in total. The van der Waals surface area contributed by atoms with E-state index in [9.17, 15) is 14.7 Å². The molecule has 33 heavy (non-hydrogen) atoms. The molecule has 3 aromatic rings. The number of carboxylic acids is 1. The first-order valence-corrected chi connectivity index (χ1v) is 10.5. The number of nitrogens with zero attached hydrogens (tertiary/aromatic N) is 3. The van der Waals surface area contributed by atoms with Gasteiger partial charge in [0, 0.05) is 23.8 Å². The number of aromatic nitrogens is 1. The van der Waals surface area contributed by atoms with Crippen molar-refractivity contribution in [2.24, 2.45) is 0 Å². The molecule has 1 aliphatic rings. The summed E-state index contributed by atoms with van der Waals surface area (Å²) in [5.41, 5.74) is 4.49. The molecule has 7 heteroatoms. The topological polar surface area (TPSA) is 83.0 Å². The minimum atomic E-state index is -1.17. The number of esters is 1. The van der Waals surface area contributed by atoms with Crippen LogP contribution in [0.2, 0.25) is 0 Å². The molecule has 0 amide bonds. The van der Waals surface area contributed by atoms with Crippen LogP contribution >= 0.6 is 0 Å². The van der Waals surface area contributed by atoms with E-state index in [-0.39, 0.29) is 17.8 Å². The van der Waals surface area contributed by atoms with Gasteiger partial charge in [0.05, 0.1) is 19.2 Å². The van der Waals surface area contributed by atoms with Crippen LogP contribution in [0.25, 0.3) is 0 Å². The maximum atomic E-state index is 13.0. The van der Waals surface area contributed by atoms with Crippen LogP contribution in [0, 0.1) is 13.8 Å². The van der Waals surface area contributed by atoms with Crippen LogP contribution in [0.4, 0.5) is 11.4 Å². The average molecular weight is 444 g/mol. The first kappa shape index (κ1) is 22.1. The summed E-state index contributed by atoms with van der Waals surface area (Å²) in [5.74, 6) is -1.87. The summed E-state index contributed by atoms with van der Waals surface area (Å²) in [6.07, 6.45) is 2.87. The van der Waals surface area contributed by atoms with Crippen LogP contribution < -0.4 is 9.80 Å². The lowest BCUT2D eigenvalue weighted by molar-refractivity contribution is -0.138. The Kier molecular flexibility index (Phi) is 6.13. The molecular weight excluding hydrogens is 418 g/mol. The summed E-state index contributed by atoms with van der Waals surface area (Å²) in [4.78, 5) is 33.2. The molecule has 1 aliphatic heterocycles. The van der Waals surface area contributed by atoms with Gasteiger partial charge in [-0.1, -0.05) is 35.4 Å². The average Bonchev–Trinajstić information content (AvgIpc) is 2.84. The van der Waals surface area contributed by atoms with E-state index >= 15 is 0 Å². The lowest BCUT2D eigenvalue weighted by Crippen LogP contribution is -2.50. The number of hydrogen-bond acceptors (Lipinski definition) is 6. The van der Waals surface area contributed by atoms with Crippen molar-refractivity contribution < 1.29 is 19.4 Å². The number of rotatable bonds is 5. The molecule has 0 aliphatic carbocycles. The van der Waals surface area contributed by atoms with Crippen molar-refractivity contribution in [3.05, 3.63) is 101 Å². The molecule has 0 fully saturated rings. The zero-order chi connectivity index (χ0) is 23.5. The predicted octanol–water partition coefficient (Wildman–Crippen LogP) is 4.24. The van der Waals surface area contributed by atoms with Crippen LogP contribution in [0.5, 0.6) is 0 Å². The number of carboxylic acid groups (broad SMARTS) is 1. The number of hydrogen-bond donors (Lipinski definition) is 1. The number of carbonyl (C=O) groups is 2. The summed E-state index contributed by atoms with van der Waals surface area (Å²) in [5, 5.41) is 10.1. The zero-order valence-corrected chi connectivity index (χ0v) is 18.7. The van der Waals surface area contributed by atoms with Crippen LogP contribution in [0.1, 0.15) is 22.9 Å². The fraction of sp³-hybridized carbons (Fsp3) is 0.192. The number of pyridine rings is 1. The second-order valence-corrected chi connectivity index (χ2v) is 7.95. The molecule has 2 aromatic carbocycles. The van der Waals surface area contributed by atoms with Gasteiger partial charge in [-0.2, -0.15) is 0 Å². The van der Waals surface area contributed by atoms with E-state index < -0.39 is 18.1 Å². The van der Waals surface area contributed by atoms with E-state index in [2.05, 4.69) is 4.98 Å². The Labute approximate surface area is 192 Å². The first-order valence-electron chi connectivity index (χ1n) is 10.5. The van der Waals surface area contributed by atoms with Crippen molar-refractivity contribution in [3.8, 4) is 0 Å². The van der Waals surface area contributed by atoms with Crippen molar-refractivity contribution in [2.75, 3.05) is 23.5 Å². The fourth-order valence-electron chi connectivity index (χ4n) is 4.03. The molecule has 0 spiro atoms. The molecule has 168 valence electrons. The largest absolute Gasteiger partial charge is 0.478 e. The SMILES string of the molecule is COC(=O)C1=C(C(=O)O)CN(c2ccc(C)cc2)C(c2ccncc2)N1c1ccc(C)cc1. The van der Waals surface area contributed by atoms with Gasteiger partial charge in [-0.25, -0.2) is 9.59 Å². The number of carbonyl (C=O) groups excluding carboxylic acids is 1. The van der Waals surface area contributed by atoms with Gasteiger partial charge in [-0.05, 0) is 55.8 Å². The summed E-state index contributed by atoms with van der Waals surface area (Å²) in [7, 11) is 1.26. The monoisotopic (exact) mass is 443 g/mol. The standard InChI is InChI=1S/C26H25N3O4/c1-17-4-8-20(9-5-17)28-16-22(25(30)31)23(26(32)33-3)29(21-10-6-18(2)7-11-21)24(28)19-12-14-27-15-13-19/h4-15,24H,16H2,1-3H3,(H,30,31). The summed E-state index contributed by atoms with van der Waals surface area (Å²) in [6, 6.07) is 19.2. The van der Waals surface area contributed by atoms with Gasteiger partial charge in [0.15, 0.2) is 0 Å². The highest BCUT2D eigenvalue weighted by atomic mass is 16.5. The Hall–Kier alpha value is -4.13. The van der Waals surface area contributed by atoms with Crippen molar-refractivity contribution >= 4 is 23.3 Å². The van der Waals surface area contributed by atoms with Gasteiger partial charge in [-0.15, -0.1) is 0 Å². The second kappa shape index (κ2) is 9.16. The van der Waals surface area contributed by atoms with Crippen molar-refractivity contribution in [3.63, 3.8) is 0 Å². The van der Waals surface area contributed by atoms with E-state index in [1.165, 1.54) is 7.11 Å². The zero-order valence-electron chi connectivity index (χ0n) is 18.7. The number of ether oxygens (including phenoxy) is 1. The van der Waals surface area contributed by atoms with Crippen molar-refractivity contribution in [1.29, 1.82) is 0 Å². The summed E-state index contributed by atoms with van der Waals surface area (Å²) in [6.45, 7) is 3.99. The highest BCUT2D eigenvalue weighted by Crippen LogP contribution is 2.41. The Morgan fingerprint density at radius 2 is 1.45 bits per heavy atom. The minimum Gasteiger partial charge on any atom is -0.478 e. The quantitative estimate of drug-likeness (QED) is 0.591. The van der Waals surface area contributed by atoms with E-state index in [0.29, 0.717) is 5.69 Å². The Balaban J connectivity index is 2.02. The molecule has 4 rings (SSSR count). The predicted molar refractivity (Wildman–Crippen MR) is 126 cm³/mol. The van der Waals surface area contributed by atoms with Gasteiger partial charge >= 0.3 is 11.9 Å². The minimum absolute atomic E-state index is 0.0130. The Morgan fingerprint density at radius 3 is 1.97 bits per heavy atom. The van der Waals surface area contributed by atoms with Gasteiger partial charge in [0.25, 0.3) is 0 Å². The third-order valence-corrected chi connectivity index (χ3v) is 5.71. The summed E-state index contributed by atoms with van der Waals surface area (Å²) >= 11 is 0. The molecule has 2 heterocycles. The lowest BCUT2D eigenvalue weighted by Gasteiger charge is -2.46. The van der Waals surface area contributed by atoms with Crippen LogP contribution in [0.3, 0.4) is 0 Å². The normalized spacial score (nSPS) is 16.0. The van der Waals surface area contributed by atoms with Gasteiger partial charge in [0.1, 0.15) is 11.9 Å². The number of aliphatic carboxylic acids is 1. The maximum absolute atomic E-state index is 13.0. The first-order chi connectivity index (χ1) is 15.9. The second-order valence-electron chi connectivity index (χ2n) is 7.95. The van der Waals surface area contributed by atoms with Crippen molar-refractivity contribution in [2.45, 2.75) is 20.0 Å². The molecule has 1 unspecified atom stereocenters. The molecule has 7 nitrogen and oxygen atoms in total. The van der Waals surface area contributed by atoms with Crippen LogP contribution in [0.15, 0.2) is 84.3 Å². The molecule has 0 saturated heterocycles. The van der Waals surface area contributed by atoms with E-state index in [4.69, 9.17) is 4.74 Å². The number of methoxy groups -OCH3 is 1. The number of aryl methyl sites for hydroxylation is 2. The van der Waals surface area contributed by atoms with Gasteiger partial charge < -0.3 is 19.6 Å². The highest BCUT2D eigenvalue weighted by molar-refractivity contribution is 6.04. The Bertz CT molecular complexity index is 1190. The fourth-order valence-corrected chi connectivity index (χ4v) is 4.03. The van der Waals surface area contributed by atoms with E-state index in [1.807, 2.05) is 79.4 Å².